The van der Waals surface area contributed by atoms with Gasteiger partial charge in [-0.2, -0.15) is 5.10 Å². The quantitative estimate of drug-likeness (QED) is 0.397. The zero-order valence-electron chi connectivity index (χ0n) is 21.2. The fourth-order valence-electron chi connectivity index (χ4n) is 5.84. The number of carboxylic acid groups (broad SMARTS) is 1. The van der Waals surface area contributed by atoms with Crippen molar-refractivity contribution in [3.63, 3.8) is 0 Å². The lowest BCUT2D eigenvalue weighted by atomic mass is 10.0. The lowest BCUT2D eigenvalue weighted by Crippen LogP contribution is -2.33. The van der Waals surface area contributed by atoms with E-state index in [0.29, 0.717) is 5.92 Å². The van der Waals surface area contributed by atoms with Gasteiger partial charge in [-0.05, 0) is 67.5 Å². The molecule has 3 aromatic rings. The number of aromatic nitrogens is 2. The normalized spacial score (nSPS) is 22.0. The highest BCUT2D eigenvalue weighted by atomic mass is 16.5. The van der Waals surface area contributed by atoms with Crippen molar-refractivity contribution < 1.29 is 14.6 Å². The number of hydrogen-bond acceptors (Lipinski definition) is 6. The number of carboxylic acids is 1. The van der Waals surface area contributed by atoms with Gasteiger partial charge < -0.3 is 15.3 Å². The number of hydrogen-bond donors (Lipinski definition) is 3. The van der Waals surface area contributed by atoms with Gasteiger partial charge in [-0.1, -0.05) is 37.1 Å². The molecule has 2 aromatic carbocycles. The molecule has 0 spiro atoms. The molecule has 3 aliphatic rings. The minimum absolute atomic E-state index is 0.0816. The van der Waals surface area contributed by atoms with E-state index >= 15 is 0 Å². The van der Waals surface area contributed by atoms with Crippen molar-refractivity contribution in [2.24, 2.45) is 11.8 Å². The second kappa shape index (κ2) is 9.59. The van der Waals surface area contributed by atoms with Gasteiger partial charge in [-0.15, -0.1) is 5.53 Å². The summed E-state index contributed by atoms with van der Waals surface area (Å²) >= 11 is 0. The van der Waals surface area contributed by atoms with Crippen LogP contribution in [0.25, 0.3) is 16.8 Å². The molecule has 1 aromatic heterocycles. The number of allylic oxidation sites excluding steroid dienone is 1. The smallest absolute Gasteiger partial charge is 0.339 e. The third-order valence-electron chi connectivity index (χ3n) is 7.93. The SMILES string of the molecule is CC(Oc1cccc(-c2cccc(-n3ncc(C(=O)O)c3C3CC3C3=CN(C)NN3)c2)c1)C1CCCC1. The molecule has 37 heavy (non-hydrogen) atoms. The Hall–Kier alpha value is -3.78. The summed E-state index contributed by atoms with van der Waals surface area (Å²) in [6, 6.07) is 16.3. The Morgan fingerprint density at radius 1 is 1.11 bits per heavy atom. The maximum atomic E-state index is 12.1. The Balaban J connectivity index is 1.28. The molecule has 0 amide bonds. The predicted octanol–water partition coefficient (Wildman–Crippen LogP) is 5.09. The Labute approximate surface area is 216 Å². The van der Waals surface area contributed by atoms with Crippen LogP contribution in [-0.2, 0) is 0 Å². The number of hydrazine groups is 2. The lowest BCUT2D eigenvalue weighted by Gasteiger charge is -2.21. The molecule has 8 nitrogen and oxygen atoms in total. The molecule has 6 rings (SSSR count). The van der Waals surface area contributed by atoms with Crippen molar-refractivity contribution in [1.29, 1.82) is 0 Å². The van der Waals surface area contributed by atoms with Crippen LogP contribution in [0.1, 0.15) is 61.0 Å². The van der Waals surface area contributed by atoms with E-state index in [0.717, 1.165) is 40.4 Å². The van der Waals surface area contributed by atoms with Gasteiger partial charge in [-0.25, -0.2) is 9.48 Å². The van der Waals surface area contributed by atoms with E-state index in [1.54, 1.807) is 4.68 Å². The van der Waals surface area contributed by atoms with Crippen LogP contribution in [-0.4, -0.2) is 39.0 Å². The fourth-order valence-corrected chi connectivity index (χ4v) is 5.84. The van der Waals surface area contributed by atoms with Crippen molar-refractivity contribution in [2.45, 2.75) is 51.0 Å². The number of nitrogens with zero attached hydrogens (tertiary/aromatic N) is 3. The highest BCUT2D eigenvalue weighted by Crippen LogP contribution is 2.52. The molecule has 192 valence electrons. The molecular formula is C29H33N5O3. The summed E-state index contributed by atoms with van der Waals surface area (Å²) in [5.41, 5.74) is 11.2. The second-order valence-corrected chi connectivity index (χ2v) is 10.5. The predicted molar refractivity (Wildman–Crippen MR) is 141 cm³/mol. The third kappa shape index (κ3) is 4.69. The minimum Gasteiger partial charge on any atom is -0.490 e. The molecule has 1 aliphatic heterocycles. The molecule has 3 unspecified atom stereocenters. The summed E-state index contributed by atoms with van der Waals surface area (Å²) in [6.45, 7) is 2.18. The monoisotopic (exact) mass is 499 g/mol. The summed E-state index contributed by atoms with van der Waals surface area (Å²) in [7, 11) is 1.92. The first-order valence-corrected chi connectivity index (χ1v) is 13.1. The maximum Gasteiger partial charge on any atom is 0.339 e. The van der Waals surface area contributed by atoms with Gasteiger partial charge in [0, 0.05) is 30.8 Å². The van der Waals surface area contributed by atoms with Crippen LogP contribution < -0.4 is 15.7 Å². The molecule has 3 atom stereocenters. The molecule has 2 aliphatic carbocycles. The molecule has 2 saturated carbocycles. The average Bonchev–Trinajstić information content (AvgIpc) is 3.30. The largest absolute Gasteiger partial charge is 0.490 e. The van der Waals surface area contributed by atoms with E-state index in [4.69, 9.17) is 4.74 Å². The zero-order valence-corrected chi connectivity index (χ0v) is 21.2. The van der Waals surface area contributed by atoms with Gasteiger partial charge in [0.15, 0.2) is 0 Å². The van der Waals surface area contributed by atoms with Crippen molar-refractivity contribution in [3.05, 3.63) is 77.9 Å². The van der Waals surface area contributed by atoms with Crippen LogP contribution in [0.15, 0.2) is 66.6 Å². The molecule has 2 fully saturated rings. The third-order valence-corrected chi connectivity index (χ3v) is 7.93. The van der Waals surface area contributed by atoms with Crippen LogP contribution in [0.4, 0.5) is 0 Å². The minimum atomic E-state index is -0.951. The van der Waals surface area contributed by atoms with E-state index in [2.05, 4.69) is 47.2 Å². The molecule has 0 saturated heterocycles. The van der Waals surface area contributed by atoms with Gasteiger partial charge in [-0.3, -0.25) is 5.01 Å². The summed E-state index contributed by atoms with van der Waals surface area (Å²) < 4.78 is 8.13. The van der Waals surface area contributed by atoms with Crippen LogP contribution in [0.2, 0.25) is 0 Å². The highest BCUT2D eigenvalue weighted by molar-refractivity contribution is 5.89. The van der Waals surface area contributed by atoms with E-state index in [-0.39, 0.29) is 23.5 Å². The van der Waals surface area contributed by atoms with Gasteiger partial charge in [0.2, 0.25) is 0 Å². The van der Waals surface area contributed by atoms with Crippen molar-refractivity contribution in [1.82, 2.24) is 25.7 Å². The van der Waals surface area contributed by atoms with Crippen LogP contribution in [0.3, 0.4) is 0 Å². The number of rotatable bonds is 8. The standard InChI is InChI=1S/C29H33N5O3/c1-18(19-7-3-4-8-19)37-23-12-6-10-21(14-23)20-9-5-11-22(13-20)34-28(26(16-30-34)29(35)36)25-15-24(25)27-17-33(2)32-31-27/h5-6,9-14,16-19,24-25,31-32H,3-4,7-8,15H2,1-2H3,(H,35,36). The van der Waals surface area contributed by atoms with E-state index < -0.39 is 5.97 Å². The molecular weight excluding hydrogens is 466 g/mol. The van der Waals surface area contributed by atoms with Crippen LogP contribution in [0, 0.1) is 11.8 Å². The van der Waals surface area contributed by atoms with Crippen molar-refractivity contribution >= 4 is 5.97 Å². The van der Waals surface area contributed by atoms with Crippen LogP contribution >= 0.6 is 0 Å². The van der Waals surface area contributed by atoms with E-state index in [9.17, 15) is 9.90 Å². The first-order valence-electron chi connectivity index (χ1n) is 13.1. The van der Waals surface area contributed by atoms with Gasteiger partial charge in [0.25, 0.3) is 0 Å². The van der Waals surface area contributed by atoms with Crippen LogP contribution in [0.5, 0.6) is 5.75 Å². The Morgan fingerprint density at radius 2 is 1.86 bits per heavy atom. The van der Waals surface area contributed by atoms with Crippen molar-refractivity contribution in [2.75, 3.05) is 7.05 Å². The molecule has 3 N–H and O–H groups in total. The lowest BCUT2D eigenvalue weighted by molar-refractivity contribution is 0.0695. The maximum absolute atomic E-state index is 12.1. The zero-order chi connectivity index (χ0) is 25.5. The van der Waals surface area contributed by atoms with Gasteiger partial charge in [0.05, 0.1) is 23.7 Å². The summed E-state index contributed by atoms with van der Waals surface area (Å²) in [4.78, 5) is 12.1. The number of carbonyl (C=O) groups is 1. The summed E-state index contributed by atoms with van der Waals surface area (Å²) in [5.74, 6) is 0.870. The Kier molecular flexibility index (Phi) is 6.12. The second-order valence-electron chi connectivity index (χ2n) is 10.5. The van der Waals surface area contributed by atoms with Gasteiger partial charge in [0.1, 0.15) is 11.3 Å². The van der Waals surface area contributed by atoms with Crippen molar-refractivity contribution in [3.8, 4) is 22.6 Å². The summed E-state index contributed by atoms with van der Waals surface area (Å²) in [5, 5.41) is 16.3. The molecule has 2 heterocycles. The Bertz CT molecular complexity index is 1340. The van der Waals surface area contributed by atoms with E-state index in [1.807, 2.05) is 42.5 Å². The van der Waals surface area contributed by atoms with E-state index in [1.165, 1.54) is 31.9 Å². The topological polar surface area (TPSA) is 91.7 Å². The first kappa shape index (κ1) is 23.6. The number of nitrogens with one attached hydrogen (secondary N) is 2. The molecule has 0 bridgehead atoms. The Morgan fingerprint density at radius 3 is 2.59 bits per heavy atom. The highest BCUT2D eigenvalue weighted by Gasteiger charge is 2.46. The average molecular weight is 500 g/mol. The molecule has 8 heteroatoms. The first-order chi connectivity index (χ1) is 18.0. The molecule has 0 radical (unpaired) electrons. The fraction of sp³-hybridized carbons (Fsp3) is 0.379. The summed E-state index contributed by atoms with van der Waals surface area (Å²) in [6.07, 6.45) is 9.65. The number of benzene rings is 2. The number of ether oxygens (including phenoxy) is 1. The number of aromatic carboxylic acids is 1. The van der Waals surface area contributed by atoms with Gasteiger partial charge >= 0.3 is 5.97 Å².